The van der Waals surface area contributed by atoms with Gasteiger partial charge >= 0.3 is 5.97 Å². The average molecular weight is 290 g/mol. The Morgan fingerprint density at radius 2 is 2.29 bits per heavy atom. The number of rotatable bonds is 5. The third kappa shape index (κ3) is 4.03. The van der Waals surface area contributed by atoms with Crippen LogP contribution in [0.25, 0.3) is 0 Å². The van der Waals surface area contributed by atoms with Crippen LogP contribution in [0.3, 0.4) is 0 Å². The molecule has 1 aliphatic rings. The minimum absolute atomic E-state index is 0.0687. The second-order valence-electron chi connectivity index (χ2n) is 5.60. The van der Waals surface area contributed by atoms with Gasteiger partial charge in [0.25, 0.3) is 0 Å². The van der Waals surface area contributed by atoms with Gasteiger partial charge in [0.2, 0.25) is 5.91 Å². The second kappa shape index (κ2) is 7.20. The van der Waals surface area contributed by atoms with E-state index in [2.05, 4.69) is 11.9 Å². The van der Waals surface area contributed by atoms with Gasteiger partial charge in [0.15, 0.2) is 0 Å². The van der Waals surface area contributed by atoms with Crippen molar-refractivity contribution in [3.05, 3.63) is 30.1 Å². The van der Waals surface area contributed by atoms with Crippen LogP contribution in [0.1, 0.15) is 38.2 Å². The maximum Gasteiger partial charge on any atom is 0.326 e. The van der Waals surface area contributed by atoms with E-state index in [-0.39, 0.29) is 5.91 Å². The van der Waals surface area contributed by atoms with E-state index in [1.165, 1.54) is 0 Å². The van der Waals surface area contributed by atoms with E-state index in [0.717, 1.165) is 18.4 Å². The van der Waals surface area contributed by atoms with Crippen molar-refractivity contribution in [3.8, 4) is 0 Å². The van der Waals surface area contributed by atoms with Crippen molar-refractivity contribution in [1.82, 2.24) is 9.88 Å². The van der Waals surface area contributed by atoms with Gasteiger partial charge in [-0.3, -0.25) is 9.78 Å². The lowest BCUT2D eigenvalue weighted by Gasteiger charge is -2.37. The molecule has 0 aliphatic carbocycles. The van der Waals surface area contributed by atoms with Gasteiger partial charge < -0.3 is 10.0 Å². The van der Waals surface area contributed by atoms with Gasteiger partial charge in [0, 0.05) is 25.4 Å². The Morgan fingerprint density at radius 3 is 2.90 bits per heavy atom. The summed E-state index contributed by atoms with van der Waals surface area (Å²) in [5, 5.41) is 9.35. The first-order chi connectivity index (χ1) is 10.1. The molecule has 5 nitrogen and oxygen atoms in total. The first kappa shape index (κ1) is 15.5. The van der Waals surface area contributed by atoms with Gasteiger partial charge in [-0.2, -0.15) is 0 Å². The monoisotopic (exact) mass is 290 g/mol. The molecule has 0 aromatic carbocycles. The SMILES string of the molecule is CCC1CCN(C(=O)CCc2cccnc2)C(C(=O)O)C1. The zero-order valence-electron chi connectivity index (χ0n) is 12.4. The first-order valence-electron chi connectivity index (χ1n) is 7.53. The number of likely N-dealkylation sites (tertiary alicyclic amines) is 1. The van der Waals surface area contributed by atoms with Crippen LogP contribution in [-0.2, 0) is 16.0 Å². The molecule has 0 radical (unpaired) electrons. The highest BCUT2D eigenvalue weighted by molar-refractivity contribution is 5.84. The minimum Gasteiger partial charge on any atom is -0.480 e. The molecule has 21 heavy (non-hydrogen) atoms. The fourth-order valence-electron chi connectivity index (χ4n) is 2.88. The van der Waals surface area contributed by atoms with Gasteiger partial charge in [-0.15, -0.1) is 0 Å². The number of piperidine rings is 1. The highest BCUT2D eigenvalue weighted by Gasteiger charge is 2.35. The van der Waals surface area contributed by atoms with Crippen molar-refractivity contribution in [2.75, 3.05) is 6.54 Å². The quantitative estimate of drug-likeness (QED) is 0.901. The highest BCUT2D eigenvalue weighted by Crippen LogP contribution is 2.26. The van der Waals surface area contributed by atoms with E-state index in [1.807, 2.05) is 12.1 Å². The van der Waals surface area contributed by atoms with Crippen LogP contribution in [0.5, 0.6) is 0 Å². The number of carboxylic acid groups (broad SMARTS) is 1. The standard InChI is InChI=1S/C16H22N2O3/c1-2-12-7-9-18(14(10-12)16(20)21)15(19)6-5-13-4-3-8-17-11-13/h3-4,8,11-12,14H,2,5-7,9-10H2,1H3,(H,20,21). The normalized spacial score (nSPS) is 22.0. The molecule has 1 amide bonds. The van der Waals surface area contributed by atoms with Gasteiger partial charge in [0.1, 0.15) is 6.04 Å². The molecule has 114 valence electrons. The van der Waals surface area contributed by atoms with Crippen molar-refractivity contribution in [2.24, 2.45) is 5.92 Å². The Labute approximate surface area is 125 Å². The van der Waals surface area contributed by atoms with Crippen molar-refractivity contribution in [2.45, 2.75) is 45.1 Å². The maximum absolute atomic E-state index is 12.3. The zero-order chi connectivity index (χ0) is 15.2. The fourth-order valence-corrected chi connectivity index (χ4v) is 2.88. The lowest BCUT2D eigenvalue weighted by atomic mass is 9.88. The van der Waals surface area contributed by atoms with Crippen LogP contribution >= 0.6 is 0 Å². The molecule has 1 saturated heterocycles. The van der Waals surface area contributed by atoms with Crippen LogP contribution in [0.4, 0.5) is 0 Å². The van der Waals surface area contributed by atoms with Crippen LogP contribution in [0.15, 0.2) is 24.5 Å². The van der Waals surface area contributed by atoms with Crippen LogP contribution in [0, 0.1) is 5.92 Å². The van der Waals surface area contributed by atoms with E-state index < -0.39 is 12.0 Å². The first-order valence-corrected chi connectivity index (χ1v) is 7.53. The molecule has 2 atom stereocenters. The largest absolute Gasteiger partial charge is 0.480 e. The summed E-state index contributed by atoms with van der Waals surface area (Å²) in [6.07, 6.45) is 6.83. The van der Waals surface area contributed by atoms with Crippen molar-refractivity contribution in [3.63, 3.8) is 0 Å². The Kier molecular flexibility index (Phi) is 5.31. The number of aromatic nitrogens is 1. The van der Waals surface area contributed by atoms with Gasteiger partial charge in [-0.25, -0.2) is 4.79 Å². The Morgan fingerprint density at radius 1 is 1.48 bits per heavy atom. The van der Waals surface area contributed by atoms with E-state index in [0.29, 0.717) is 31.7 Å². The average Bonchev–Trinajstić information content (AvgIpc) is 2.52. The van der Waals surface area contributed by atoms with Crippen LogP contribution in [-0.4, -0.2) is 39.5 Å². The predicted octanol–water partition coefficient (Wildman–Crippen LogP) is 2.12. The summed E-state index contributed by atoms with van der Waals surface area (Å²) in [7, 11) is 0. The van der Waals surface area contributed by atoms with E-state index in [9.17, 15) is 14.7 Å². The number of amides is 1. The smallest absolute Gasteiger partial charge is 0.326 e. The number of aliphatic carboxylic acids is 1. The van der Waals surface area contributed by atoms with E-state index in [1.54, 1.807) is 17.3 Å². The summed E-state index contributed by atoms with van der Waals surface area (Å²) in [6.45, 7) is 2.63. The topological polar surface area (TPSA) is 70.5 Å². The third-order valence-corrected chi connectivity index (χ3v) is 4.24. The molecule has 0 saturated carbocycles. The maximum atomic E-state index is 12.3. The fraction of sp³-hybridized carbons (Fsp3) is 0.562. The molecule has 0 bridgehead atoms. The second-order valence-corrected chi connectivity index (χ2v) is 5.60. The Bertz CT molecular complexity index is 490. The molecule has 1 aromatic heterocycles. The molecule has 2 heterocycles. The lowest BCUT2D eigenvalue weighted by Crippen LogP contribution is -2.50. The number of carboxylic acids is 1. The number of hydrogen-bond acceptors (Lipinski definition) is 3. The van der Waals surface area contributed by atoms with Crippen LogP contribution < -0.4 is 0 Å². The third-order valence-electron chi connectivity index (χ3n) is 4.24. The summed E-state index contributed by atoms with van der Waals surface area (Å²) < 4.78 is 0. The Hall–Kier alpha value is -1.91. The minimum atomic E-state index is -0.886. The van der Waals surface area contributed by atoms with Gasteiger partial charge in [-0.05, 0) is 36.8 Å². The number of nitrogens with zero attached hydrogens (tertiary/aromatic N) is 2. The number of carbonyl (C=O) groups is 2. The number of aryl methyl sites for hydroxylation is 1. The van der Waals surface area contributed by atoms with Gasteiger partial charge in [-0.1, -0.05) is 19.4 Å². The van der Waals surface area contributed by atoms with Crippen LogP contribution in [0.2, 0.25) is 0 Å². The Balaban J connectivity index is 1.95. The molecule has 5 heteroatoms. The van der Waals surface area contributed by atoms with E-state index >= 15 is 0 Å². The molecule has 2 unspecified atom stereocenters. The lowest BCUT2D eigenvalue weighted by molar-refractivity contribution is -0.153. The molecular formula is C16H22N2O3. The van der Waals surface area contributed by atoms with Crippen molar-refractivity contribution < 1.29 is 14.7 Å². The summed E-state index contributed by atoms with van der Waals surface area (Å²) in [6, 6.07) is 3.11. The number of hydrogen-bond donors (Lipinski definition) is 1. The van der Waals surface area contributed by atoms with Gasteiger partial charge in [0.05, 0.1) is 0 Å². The number of pyridine rings is 1. The molecule has 0 spiro atoms. The summed E-state index contributed by atoms with van der Waals surface area (Å²) in [5.74, 6) is -0.544. The van der Waals surface area contributed by atoms with Crippen molar-refractivity contribution >= 4 is 11.9 Å². The predicted molar refractivity (Wildman–Crippen MR) is 78.7 cm³/mol. The number of carbonyl (C=O) groups excluding carboxylic acids is 1. The summed E-state index contributed by atoms with van der Waals surface area (Å²) in [5.41, 5.74) is 1.00. The molecule has 1 aromatic rings. The highest BCUT2D eigenvalue weighted by atomic mass is 16.4. The molecule has 1 N–H and O–H groups in total. The van der Waals surface area contributed by atoms with Crippen molar-refractivity contribution in [1.29, 1.82) is 0 Å². The molecular weight excluding hydrogens is 268 g/mol. The summed E-state index contributed by atoms with van der Waals surface area (Å²) >= 11 is 0. The summed E-state index contributed by atoms with van der Waals surface area (Å²) in [4.78, 5) is 29.3. The molecule has 2 rings (SSSR count). The molecule has 1 fully saturated rings. The zero-order valence-corrected chi connectivity index (χ0v) is 12.4. The molecule has 1 aliphatic heterocycles. The van der Waals surface area contributed by atoms with E-state index in [4.69, 9.17) is 0 Å².